The van der Waals surface area contributed by atoms with Crippen LogP contribution in [0.2, 0.25) is 0 Å². The predicted molar refractivity (Wildman–Crippen MR) is 71.2 cm³/mol. The lowest BCUT2D eigenvalue weighted by Gasteiger charge is -2.10. The highest BCUT2D eigenvalue weighted by atomic mass is 16.6. The van der Waals surface area contributed by atoms with Crippen molar-refractivity contribution in [2.45, 2.75) is 27.2 Å². The van der Waals surface area contributed by atoms with Crippen LogP contribution in [-0.4, -0.2) is 11.1 Å². The number of aryl methyl sites for hydroxylation is 1. The van der Waals surface area contributed by atoms with E-state index < -0.39 is 5.97 Å². The minimum Gasteiger partial charge on any atom is -0.420 e. The maximum atomic E-state index is 11.9. The summed E-state index contributed by atoms with van der Waals surface area (Å²) in [5, 5.41) is 3.67. The van der Waals surface area contributed by atoms with Crippen molar-refractivity contribution < 1.29 is 14.1 Å². The van der Waals surface area contributed by atoms with Gasteiger partial charge in [-0.2, -0.15) is 0 Å². The van der Waals surface area contributed by atoms with Crippen LogP contribution in [0.5, 0.6) is 5.75 Å². The van der Waals surface area contributed by atoms with E-state index in [-0.39, 0.29) is 5.76 Å². The third-order valence-electron chi connectivity index (χ3n) is 2.63. The molecular weight excluding hydrogens is 242 g/mol. The number of hydrogen-bond donors (Lipinski definition) is 0. The highest BCUT2D eigenvalue weighted by Gasteiger charge is 2.16. The SMILES string of the molecule is Cc1cc(C(=O)Oc2ccccc2CC(C)C)on1. The van der Waals surface area contributed by atoms with Gasteiger partial charge in [0, 0.05) is 6.07 Å². The lowest BCUT2D eigenvalue weighted by molar-refractivity contribution is 0.0689. The molecular formula is C15H17NO3. The lowest BCUT2D eigenvalue weighted by Crippen LogP contribution is -2.09. The summed E-state index contributed by atoms with van der Waals surface area (Å²) in [5.41, 5.74) is 1.67. The molecule has 0 saturated heterocycles. The second-order valence-corrected chi connectivity index (χ2v) is 4.93. The smallest absolute Gasteiger partial charge is 0.382 e. The van der Waals surface area contributed by atoms with Crippen LogP contribution in [0.1, 0.15) is 35.7 Å². The van der Waals surface area contributed by atoms with Crippen LogP contribution in [-0.2, 0) is 6.42 Å². The Morgan fingerprint density at radius 2 is 2.11 bits per heavy atom. The number of carbonyl (C=O) groups excluding carboxylic acids is 1. The average molecular weight is 259 g/mol. The summed E-state index contributed by atoms with van der Waals surface area (Å²) in [4.78, 5) is 11.9. The van der Waals surface area contributed by atoms with Crippen molar-refractivity contribution in [1.82, 2.24) is 5.16 Å². The molecule has 2 aromatic rings. The van der Waals surface area contributed by atoms with Crippen molar-refractivity contribution in [3.05, 3.63) is 47.3 Å². The Morgan fingerprint density at radius 3 is 2.74 bits per heavy atom. The van der Waals surface area contributed by atoms with Gasteiger partial charge in [0.05, 0.1) is 5.69 Å². The van der Waals surface area contributed by atoms with Gasteiger partial charge < -0.3 is 9.26 Å². The fourth-order valence-electron chi connectivity index (χ4n) is 1.82. The summed E-state index contributed by atoms with van der Waals surface area (Å²) in [7, 11) is 0. The van der Waals surface area contributed by atoms with E-state index in [4.69, 9.17) is 9.26 Å². The number of aromatic nitrogens is 1. The van der Waals surface area contributed by atoms with Gasteiger partial charge >= 0.3 is 5.97 Å². The van der Waals surface area contributed by atoms with Gasteiger partial charge in [-0.1, -0.05) is 37.2 Å². The standard InChI is InChI=1S/C15H17NO3/c1-10(2)8-12-6-4-5-7-13(12)18-15(17)14-9-11(3)16-19-14/h4-7,9-10H,8H2,1-3H3. The molecule has 0 aliphatic heterocycles. The second-order valence-electron chi connectivity index (χ2n) is 4.93. The summed E-state index contributed by atoms with van der Waals surface area (Å²) in [6.07, 6.45) is 0.860. The number of hydrogen-bond acceptors (Lipinski definition) is 4. The van der Waals surface area contributed by atoms with E-state index in [1.54, 1.807) is 19.1 Å². The van der Waals surface area contributed by atoms with Crippen molar-refractivity contribution in [1.29, 1.82) is 0 Å². The highest BCUT2D eigenvalue weighted by molar-refractivity contribution is 5.88. The van der Waals surface area contributed by atoms with E-state index in [9.17, 15) is 4.79 Å². The molecule has 0 saturated carbocycles. The summed E-state index contributed by atoms with van der Waals surface area (Å²) in [6.45, 7) is 6.00. The molecule has 2 rings (SSSR count). The van der Waals surface area contributed by atoms with Gasteiger partial charge in [-0.05, 0) is 30.9 Å². The second kappa shape index (κ2) is 5.69. The van der Waals surface area contributed by atoms with Crippen LogP contribution >= 0.6 is 0 Å². The monoisotopic (exact) mass is 259 g/mol. The first-order valence-corrected chi connectivity index (χ1v) is 6.29. The Bertz CT molecular complexity index is 572. The molecule has 100 valence electrons. The number of carbonyl (C=O) groups is 1. The van der Waals surface area contributed by atoms with E-state index in [0.717, 1.165) is 12.0 Å². The van der Waals surface area contributed by atoms with Gasteiger partial charge in [0.15, 0.2) is 0 Å². The fourth-order valence-corrected chi connectivity index (χ4v) is 1.82. The number of para-hydroxylation sites is 1. The van der Waals surface area contributed by atoms with Crippen LogP contribution in [0.4, 0.5) is 0 Å². The van der Waals surface area contributed by atoms with E-state index in [1.165, 1.54) is 0 Å². The number of rotatable bonds is 4. The summed E-state index contributed by atoms with van der Waals surface area (Å²) in [5.74, 6) is 0.677. The summed E-state index contributed by atoms with van der Waals surface area (Å²) >= 11 is 0. The van der Waals surface area contributed by atoms with Crippen LogP contribution < -0.4 is 4.74 Å². The normalized spacial score (nSPS) is 10.7. The van der Waals surface area contributed by atoms with Crippen LogP contribution in [0, 0.1) is 12.8 Å². The molecule has 4 heteroatoms. The molecule has 0 spiro atoms. The molecule has 0 aliphatic carbocycles. The first-order chi connectivity index (χ1) is 9.06. The molecule has 0 radical (unpaired) electrons. The van der Waals surface area contributed by atoms with Crippen molar-refractivity contribution >= 4 is 5.97 Å². The Balaban J connectivity index is 2.16. The molecule has 0 N–H and O–H groups in total. The van der Waals surface area contributed by atoms with Gasteiger partial charge in [-0.3, -0.25) is 0 Å². The van der Waals surface area contributed by atoms with Crippen molar-refractivity contribution in [3.8, 4) is 5.75 Å². The zero-order valence-electron chi connectivity index (χ0n) is 11.3. The third kappa shape index (κ3) is 3.44. The molecule has 0 unspecified atom stereocenters. The van der Waals surface area contributed by atoms with Crippen molar-refractivity contribution in [2.24, 2.45) is 5.92 Å². The molecule has 1 aromatic carbocycles. The number of benzene rings is 1. The number of nitrogens with zero attached hydrogens (tertiary/aromatic N) is 1. The zero-order chi connectivity index (χ0) is 13.8. The minimum absolute atomic E-state index is 0.122. The van der Waals surface area contributed by atoms with Crippen LogP contribution in [0.3, 0.4) is 0 Å². The summed E-state index contributed by atoms with van der Waals surface area (Å²) < 4.78 is 10.3. The Morgan fingerprint density at radius 1 is 1.37 bits per heavy atom. The molecule has 0 amide bonds. The molecule has 19 heavy (non-hydrogen) atoms. The molecule has 0 atom stereocenters. The van der Waals surface area contributed by atoms with E-state index >= 15 is 0 Å². The molecule has 4 nitrogen and oxygen atoms in total. The first kappa shape index (κ1) is 13.3. The van der Waals surface area contributed by atoms with Crippen molar-refractivity contribution in [3.63, 3.8) is 0 Å². The highest BCUT2D eigenvalue weighted by Crippen LogP contribution is 2.22. The average Bonchev–Trinajstić information content (AvgIpc) is 2.78. The number of ether oxygens (including phenoxy) is 1. The van der Waals surface area contributed by atoms with Gasteiger partial charge in [0.1, 0.15) is 5.75 Å². The van der Waals surface area contributed by atoms with Gasteiger partial charge in [-0.25, -0.2) is 4.79 Å². The minimum atomic E-state index is -0.517. The molecule has 0 fully saturated rings. The maximum absolute atomic E-state index is 11.9. The molecule has 1 heterocycles. The van der Waals surface area contributed by atoms with Crippen LogP contribution in [0.15, 0.2) is 34.9 Å². The Labute approximate surface area is 112 Å². The van der Waals surface area contributed by atoms with Crippen molar-refractivity contribution in [2.75, 3.05) is 0 Å². The number of esters is 1. The predicted octanol–water partition coefficient (Wildman–Crippen LogP) is 3.40. The molecule has 1 aromatic heterocycles. The van der Waals surface area contributed by atoms with E-state index in [1.807, 2.05) is 18.2 Å². The summed E-state index contributed by atoms with van der Waals surface area (Å²) in [6, 6.07) is 9.10. The van der Waals surface area contributed by atoms with Gasteiger partial charge in [0.2, 0.25) is 5.76 Å². The van der Waals surface area contributed by atoms with E-state index in [0.29, 0.717) is 17.4 Å². The topological polar surface area (TPSA) is 52.3 Å². The largest absolute Gasteiger partial charge is 0.420 e. The lowest BCUT2D eigenvalue weighted by atomic mass is 10.0. The molecule has 0 bridgehead atoms. The van der Waals surface area contributed by atoms with Crippen LogP contribution in [0.25, 0.3) is 0 Å². The Kier molecular flexibility index (Phi) is 4.00. The van der Waals surface area contributed by atoms with Gasteiger partial charge in [0.25, 0.3) is 0 Å². The molecule has 0 aliphatic rings. The third-order valence-corrected chi connectivity index (χ3v) is 2.63. The maximum Gasteiger partial charge on any atom is 0.382 e. The zero-order valence-corrected chi connectivity index (χ0v) is 11.3. The van der Waals surface area contributed by atoms with E-state index in [2.05, 4.69) is 19.0 Å². The first-order valence-electron chi connectivity index (χ1n) is 6.29. The Hall–Kier alpha value is -2.10. The fraction of sp³-hybridized carbons (Fsp3) is 0.333. The quantitative estimate of drug-likeness (QED) is 0.623. The van der Waals surface area contributed by atoms with Gasteiger partial charge in [-0.15, -0.1) is 0 Å².